The Morgan fingerprint density at radius 2 is 1.96 bits per heavy atom. The third kappa shape index (κ3) is 3.73. The quantitative estimate of drug-likeness (QED) is 0.702. The fourth-order valence-electron chi connectivity index (χ4n) is 3.70. The summed E-state index contributed by atoms with van der Waals surface area (Å²) < 4.78 is 10.5. The lowest BCUT2D eigenvalue weighted by Gasteiger charge is -2.35. The second kappa shape index (κ2) is 6.95. The molecule has 0 N–H and O–H groups in total. The Bertz CT molecular complexity index is 766. The SMILES string of the molecule is COC(=O)c1cc(Cl)ccc1C1=C[C@H]2CC[C@@H](C1)N2C(=O)OC(C)(C)C. The first-order valence-corrected chi connectivity index (χ1v) is 9.17. The predicted molar refractivity (Wildman–Crippen MR) is 100 cm³/mol. The van der Waals surface area contributed by atoms with Crippen molar-refractivity contribution in [2.75, 3.05) is 7.11 Å². The van der Waals surface area contributed by atoms with Gasteiger partial charge in [0.1, 0.15) is 5.60 Å². The van der Waals surface area contributed by atoms with Crippen LogP contribution in [0.5, 0.6) is 0 Å². The Kier molecular flexibility index (Phi) is 5.02. The van der Waals surface area contributed by atoms with Crippen molar-refractivity contribution in [2.24, 2.45) is 0 Å². The van der Waals surface area contributed by atoms with Crippen molar-refractivity contribution in [3.63, 3.8) is 0 Å². The Morgan fingerprint density at radius 1 is 1.23 bits per heavy atom. The molecule has 3 rings (SSSR count). The molecule has 5 nitrogen and oxygen atoms in total. The summed E-state index contributed by atoms with van der Waals surface area (Å²) in [7, 11) is 1.36. The topological polar surface area (TPSA) is 55.8 Å². The van der Waals surface area contributed by atoms with Gasteiger partial charge in [-0.2, -0.15) is 0 Å². The molecule has 6 heteroatoms. The molecule has 0 aromatic heterocycles. The number of carbonyl (C=O) groups is 2. The van der Waals surface area contributed by atoms with Gasteiger partial charge in [-0.05, 0) is 63.3 Å². The lowest BCUT2D eigenvalue weighted by Crippen LogP contribution is -2.45. The molecule has 1 saturated heterocycles. The van der Waals surface area contributed by atoms with E-state index in [9.17, 15) is 9.59 Å². The first-order chi connectivity index (χ1) is 12.2. The second-order valence-corrected chi connectivity index (χ2v) is 8.20. The first kappa shape index (κ1) is 18.8. The Labute approximate surface area is 158 Å². The summed E-state index contributed by atoms with van der Waals surface area (Å²) in [5.41, 5.74) is 1.81. The van der Waals surface area contributed by atoms with E-state index in [1.807, 2.05) is 31.7 Å². The molecule has 2 bridgehead atoms. The maximum Gasteiger partial charge on any atom is 0.411 e. The number of hydrogen-bond acceptors (Lipinski definition) is 4. The van der Waals surface area contributed by atoms with E-state index in [-0.39, 0.29) is 18.2 Å². The van der Waals surface area contributed by atoms with Crippen LogP contribution < -0.4 is 0 Å². The third-order valence-electron chi connectivity index (χ3n) is 4.73. The maximum atomic E-state index is 12.6. The number of ether oxygens (including phenoxy) is 2. The lowest BCUT2D eigenvalue weighted by atomic mass is 9.91. The van der Waals surface area contributed by atoms with E-state index in [1.165, 1.54) is 7.11 Å². The summed E-state index contributed by atoms with van der Waals surface area (Å²) in [5.74, 6) is -0.412. The van der Waals surface area contributed by atoms with Crippen molar-refractivity contribution in [1.29, 1.82) is 0 Å². The molecule has 140 valence electrons. The molecule has 2 atom stereocenters. The molecule has 0 radical (unpaired) electrons. The van der Waals surface area contributed by atoms with Crippen LogP contribution in [0.25, 0.3) is 5.57 Å². The van der Waals surface area contributed by atoms with E-state index in [4.69, 9.17) is 21.1 Å². The summed E-state index contributed by atoms with van der Waals surface area (Å²) in [5, 5.41) is 0.490. The summed E-state index contributed by atoms with van der Waals surface area (Å²) in [6.07, 6.45) is 4.30. The summed E-state index contributed by atoms with van der Waals surface area (Å²) in [4.78, 5) is 26.5. The van der Waals surface area contributed by atoms with Gasteiger partial charge in [0.05, 0.1) is 18.7 Å². The third-order valence-corrected chi connectivity index (χ3v) is 4.97. The van der Waals surface area contributed by atoms with Crippen LogP contribution >= 0.6 is 11.6 Å². The number of hydrogen-bond donors (Lipinski definition) is 0. The average Bonchev–Trinajstić information content (AvgIpc) is 2.83. The molecular formula is C20H24ClNO4. The van der Waals surface area contributed by atoms with E-state index in [1.54, 1.807) is 12.1 Å². The highest BCUT2D eigenvalue weighted by atomic mass is 35.5. The van der Waals surface area contributed by atoms with Crippen LogP contribution in [0.4, 0.5) is 4.79 Å². The number of benzene rings is 1. The van der Waals surface area contributed by atoms with E-state index in [0.29, 0.717) is 17.0 Å². The molecule has 1 aromatic rings. The Balaban J connectivity index is 1.91. The number of halogens is 1. The van der Waals surface area contributed by atoms with Gasteiger partial charge in [0, 0.05) is 11.1 Å². The van der Waals surface area contributed by atoms with E-state index >= 15 is 0 Å². The fourth-order valence-corrected chi connectivity index (χ4v) is 3.88. The number of nitrogens with zero attached hydrogens (tertiary/aromatic N) is 1. The minimum absolute atomic E-state index is 0.0141. The van der Waals surface area contributed by atoms with Crippen molar-refractivity contribution < 1.29 is 19.1 Å². The fraction of sp³-hybridized carbons (Fsp3) is 0.500. The summed E-state index contributed by atoms with van der Waals surface area (Å²) >= 11 is 6.06. The Morgan fingerprint density at radius 3 is 2.58 bits per heavy atom. The van der Waals surface area contributed by atoms with Crippen LogP contribution in [0.3, 0.4) is 0 Å². The lowest BCUT2D eigenvalue weighted by molar-refractivity contribution is 0.0174. The van der Waals surface area contributed by atoms with Crippen molar-refractivity contribution in [2.45, 2.75) is 57.7 Å². The normalized spacial score (nSPS) is 22.0. The number of esters is 1. The smallest absolute Gasteiger partial charge is 0.411 e. The van der Waals surface area contributed by atoms with Crippen LogP contribution in [-0.2, 0) is 9.47 Å². The van der Waals surface area contributed by atoms with E-state index in [0.717, 1.165) is 24.0 Å². The van der Waals surface area contributed by atoms with Gasteiger partial charge >= 0.3 is 12.1 Å². The van der Waals surface area contributed by atoms with Crippen molar-refractivity contribution in [3.8, 4) is 0 Å². The predicted octanol–water partition coefficient (Wildman–Crippen LogP) is 4.68. The van der Waals surface area contributed by atoms with Gasteiger partial charge in [0.15, 0.2) is 0 Å². The monoisotopic (exact) mass is 377 g/mol. The van der Waals surface area contributed by atoms with Crippen molar-refractivity contribution >= 4 is 29.2 Å². The number of rotatable bonds is 2. The molecule has 26 heavy (non-hydrogen) atoms. The summed E-state index contributed by atoms with van der Waals surface area (Å²) in [6.45, 7) is 5.61. The highest BCUT2D eigenvalue weighted by molar-refractivity contribution is 6.31. The van der Waals surface area contributed by atoms with Crippen LogP contribution in [0.15, 0.2) is 24.3 Å². The molecule has 2 aliphatic heterocycles. The molecule has 0 spiro atoms. The second-order valence-electron chi connectivity index (χ2n) is 7.76. The number of methoxy groups -OCH3 is 1. The van der Waals surface area contributed by atoms with Gasteiger partial charge in [-0.3, -0.25) is 4.90 Å². The zero-order valence-corrected chi connectivity index (χ0v) is 16.3. The van der Waals surface area contributed by atoms with E-state index < -0.39 is 11.6 Å². The molecular weight excluding hydrogens is 354 g/mol. The van der Waals surface area contributed by atoms with Crippen LogP contribution in [0.2, 0.25) is 5.02 Å². The average molecular weight is 378 g/mol. The molecule has 0 aliphatic carbocycles. The van der Waals surface area contributed by atoms with Gasteiger partial charge in [-0.25, -0.2) is 9.59 Å². The van der Waals surface area contributed by atoms with Crippen LogP contribution in [0, 0.1) is 0 Å². The van der Waals surface area contributed by atoms with Gasteiger partial charge in [-0.1, -0.05) is 23.7 Å². The standard InChI is InChI=1S/C20H24ClNO4/c1-20(2,3)26-19(24)22-14-6-7-15(22)10-12(9-14)16-8-5-13(21)11-17(16)18(23)25-4/h5,8-9,11,14-15H,6-7,10H2,1-4H3/t14-,15+/m1/s1. The van der Waals surface area contributed by atoms with Crippen LogP contribution in [0.1, 0.15) is 56.0 Å². The minimum Gasteiger partial charge on any atom is -0.465 e. The first-order valence-electron chi connectivity index (χ1n) is 8.80. The molecule has 0 saturated carbocycles. The van der Waals surface area contributed by atoms with Crippen molar-refractivity contribution in [3.05, 3.63) is 40.4 Å². The van der Waals surface area contributed by atoms with Gasteiger partial charge in [-0.15, -0.1) is 0 Å². The van der Waals surface area contributed by atoms with Gasteiger partial charge < -0.3 is 9.47 Å². The highest BCUT2D eigenvalue weighted by Crippen LogP contribution is 2.40. The van der Waals surface area contributed by atoms with Gasteiger partial charge in [0.2, 0.25) is 0 Å². The molecule has 0 unspecified atom stereocenters. The van der Waals surface area contributed by atoms with Crippen molar-refractivity contribution in [1.82, 2.24) is 4.90 Å². The molecule has 2 aliphatic rings. The largest absolute Gasteiger partial charge is 0.465 e. The zero-order chi connectivity index (χ0) is 19.1. The molecule has 1 aromatic carbocycles. The summed E-state index contributed by atoms with van der Waals surface area (Å²) in [6, 6.07) is 5.32. The highest BCUT2D eigenvalue weighted by Gasteiger charge is 2.42. The Hall–Kier alpha value is -2.01. The number of amides is 1. The minimum atomic E-state index is -0.519. The van der Waals surface area contributed by atoms with E-state index in [2.05, 4.69) is 6.08 Å². The number of carbonyl (C=O) groups excluding carboxylic acids is 2. The molecule has 2 heterocycles. The zero-order valence-electron chi connectivity index (χ0n) is 15.5. The molecule has 1 amide bonds. The van der Waals surface area contributed by atoms with Crippen LogP contribution in [-0.4, -0.2) is 41.8 Å². The maximum absolute atomic E-state index is 12.6. The van der Waals surface area contributed by atoms with Gasteiger partial charge in [0.25, 0.3) is 0 Å². The number of fused-ring (bicyclic) bond motifs is 2. The molecule has 1 fully saturated rings.